The lowest BCUT2D eigenvalue weighted by Crippen LogP contribution is -2.65. The van der Waals surface area contributed by atoms with Gasteiger partial charge in [-0.1, -0.05) is 45.0 Å². The third-order valence-electron chi connectivity index (χ3n) is 8.85. The molecule has 0 radical (unpaired) electrons. The first-order chi connectivity index (χ1) is 17.0. The summed E-state index contributed by atoms with van der Waals surface area (Å²) in [5.41, 5.74) is 2.24. The van der Waals surface area contributed by atoms with Gasteiger partial charge < -0.3 is 24.8 Å². The van der Waals surface area contributed by atoms with Crippen LogP contribution in [0.25, 0.3) is 0 Å². The van der Waals surface area contributed by atoms with Gasteiger partial charge in [0.15, 0.2) is 0 Å². The molecule has 36 heavy (non-hydrogen) atoms. The van der Waals surface area contributed by atoms with E-state index in [9.17, 15) is 9.59 Å². The third kappa shape index (κ3) is 4.45. The number of nitrogens with zero attached hydrogens (tertiary/aromatic N) is 1. The van der Waals surface area contributed by atoms with Crippen LogP contribution in [-0.2, 0) is 23.7 Å². The second-order valence-electron chi connectivity index (χ2n) is 12.2. The first-order valence-corrected chi connectivity index (χ1v) is 13.2. The van der Waals surface area contributed by atoms with Crippen molar-refractivity contribution in [2.45, 2.75) is 91.0 Å². The standard InChI is InChI=1S/C27H38BN3O5/c1-15(2)11-24(28-34-23-13-18-12-22(26(18,4)5)27(23,6)36-28)30-25(33)21-14-20(31-35-21)17-7-9-19(10-8-17)29-16(3)32/h7-10,15,18,21-24H,11-14H2,1-6H3,(H,29,32)(H,30,33)/t18-,21?,22-,23+,24-,27-/m0/s1. The van der Waals surface area contributed by atoms with Gasteiger partial charge in [0.2, 0.25) is 12.0 Å². The number of anilines is 1. The number of hydrogen-bond acceptors (Lipinski definition) is 6. The van der Waals surface area contributed by atoms with Crippen molar-refractivity contribution in [3.8, 4) is 0 Å². The quantitative estimate of drug-likeness (QED) is 0.559. The van der Waals surface area contributed by atoms with Crippen LogP contribution >= 0.6 is 0 Å². The highest BCUT2D eigenvalue weighted by atomic mass is 16.7. The fourth-order valence-corrected chi connectivity index (χ4v) is 6.73. The van der Waals surface area contributed by atoms with E-state index in [1.807, 2.05) is 24.3 Å². The molecule has 2 N–H and O–H groups in total. The maximum absolute atomic E-state index is 13.2. The molecule has 2 bridgehead atoms. The molecule has 0 aromatic heterocycles. The summed E-state index contributed by atoms with van der Waals surface area (Å²) in [6.45, 7) is 12.6. The largest absolute Gasteiger partial charge is 0.481 e. The topological polar surface area (TPSA) is 98.2 Å². The van der Waals surface area contributed by atoms with E-state index >= 15 is 0 Å². The normalized spacial score (nSPS) is 32.8. The Labute approximate surface area is 214 Å². The maximum Gasteiger partial charge on any atom is 0.481 e. The van der Waals surface area contributed by atoms with Crippen molar-refractivity contribution < 1.29 is 23.7 Å². The average molecular weight is 495 g/mol. The Morgan fingerprint density at radius 3 is 2.53 bits per heavy atom. The Bertz CT molecular complexity index is 1060. The van der Waals surface area contributed by atoms with Gasteiger partial charge in [0.05, 0.1) is 23.4 Å². The molecule has 5 aliphatic rings. The van der Waals surface area contributed by atoms with Gasteiger partial charge in [0, 0.05) is 19.0 Å². The highest BCUT2D eigenvalue weighted by Crippen LogP contribution is 2.65. The van der Waals surface area contributed by atoms with E-state index in [2.05, 4.69) is 50.4 Å². The molecule has 3 aliphatic carbocycles. The van der Waals surface area contributed by atoms with Crippen LogP contribution in [0.3, 0.4) is 0 Å². The van der Waals surface area contributed by atoms with Crippen LogP contribution in [0.1, 0.15) is 72.8 Å². The molecule has 6 rings (SSSR count). The van der Waals surface area contributed by atoms with Gasteiger partial charge in [-0.25, -0.2) is 0 Å². The molecule has 0 spiro atoms. The van der Waals surface area contributed by atoms with Crippen molar-refractivity contribution in [2.75, 3.05) is 5.32 Å². The van der Waals surface area contributed by atoms with Gasteiger partial charge in [0.25, 0.3) is 5.91 Å². The Morgan fingerprint density at radius 2 is 1.89 bits per heavy atom. The van der Waals surface area contributed by atoms with E-state index in [0.29, 0.717) is 35.6 Å². The number of nitrogens with one attached hydrogen (secondary N) is 2. The van der Waals surface area contributed by atoms with E-state index in [-0.39, 0.29) is 34.9 Å². The van der Waals surface area contributed by atoms with E-state index < -0.39 is 13.2 Å². The van der Waals surface area contributed by atoms with E-state index in [1.165, 1.54) is 13.3 Å². The van der Waals surface area contributed by atoms with Crippen LogP contribution in [0, 0.1) is 23.2 Å². The summed E-state index contributed by atoms with van der Waals surface area (Å²) in [7, 11) is -0.468. The van der Waals surface area contributed by atoms with Crippen LogP contribution in [0.2, 0.25) is 0 Å². The van der Waals surface area contributed by atoms with Crippen molar-refractivity contribution in [3.63, 3.8) is 0 Å². The van der Waals surface area contributed by atoms with Crippen LogP contribution in [0.15, 0.2) is 29.4 Å². The molecular formula is C27H38BN3O5. The predicted molar refractivity (Wildman–Crippen MR) is 138 cm³/mol. The highest BCUT2D eigenvalue weighted by molar-refractivity contribution is 6.48. The number of benzene rings is 1. The van der Waals surface area contributed by atoms with E-state index in [1.54, 1.807) is 0 Å². The number of oxime groups is 1. The third-order valence-corrected chi connectivity index (χ3v) is 8.85. The molecule has 3 saturated carbocycles. The fourth-order valence-electron chi connectivity index (χ4n) is 6.73. The number of amides is 2. The predicted octanol–water partition coefficient (Wildman–Crippen LogP) is 3.94. The summed E-state index contributed by atoms with van der Waals surface area (Å²) in [4.78, 5) is 30.0. The lowest BCUT2D eigenvalue weighted by Gasteiger charge is -2.64. The summed E-state index contributed by atoms with van der Waals surface area (Å²) < 4.78 is 13.1. The molecule has 4 fully saturated rings. The Hall–Kier alpha value is -2.39. The second-order valence-corrected chi connectivity index (χ2v) is 12.2. The number of rotatable bonds is 7. The zero-order valence-electron chi connectivity index (χ0n) is 22.2. The SMILES string of the molecule is CC(=O)Nc1ccc(C2=NOC(C(=O)N[C@@H](CC(C)C)B3O[C@@H]4C[C@@H]5C[C@@H](C5(C)C)[C@]4(C)O3)C2)cc1. The van der Waals surface area contributed by atoms with Crippen molar-refractivity contribution >= 4 is 30.3 Å². The van der Waals surface area contributed by atoms with Crippen molar-refractivity contribution in [1.82, 2.24) is 5.32 Å². The van der Waals surface area contributed by atoms with Crippen molar-refractivity contribution in [1.29, 1.82) is 0 Å². The van der Waals surface area contributed by atoms with Crippen LogP contribution in [0.4, 0.5) is 5.69 Å². The summed E-state index contributed by atoms with van der Waals surface area (Å²) in [5.74, 6) is 0.926. The molecule has 194 valence electrons. The minimum absolute atomic E-state index is 0.0731. The minimum atomic E-state index is -0.698. The summed E-state index contributed by atoms with van der Waals surface area (Å²) in [6, 6.07) is 7.35. The zero-order valence-corrected chi connectivity index (χ0v) is 22.2. The first kappa shape index (κ1) is 25.3. The van der Waals surface area contributed by atoms with Crippen LogP contribution in [-0.4, -0.2) is 48.4 Å². The minimum Gasteiger partial charge on any atom is -0.404 e. The van der Waals surface area contributed by atoms with Crippen molar-refractivity contribution in [2.24, 2.45) is 28.3 Å². The molecule has 1 unspecified atom stereocenters. The van der Waals surface area contributed by atoms with E-state index in [0.717, 1.165) is 18.4 Å². The zero-order chi connectivity index (χ0) is 25.8. The number of carbonyl (C=O) groups is 2. The molecule has 9 heteroatoms. The summed E-state index contributed by atoms with van der Waals surface area (Å²) in [6.07, 6.45) is 2.72. The average Bonchev–Trinajstić information content (AvgIpc) is 3.42. The smallest absolute Gasteiger partial charge is 0.404 e. The van der Waals surface area contributed by atoms with E-state index in [4.69, 9.17) is 14.1 Å². The molecule has 6 atom stereocenters. The van der Waals surface area contributed by atoms with Crippen LogP contribution in [0.5, 0.6) is 0 Å². The van der Waals surface area contributed by atoms with Gasteiger partial charge in [0.1, 0.15) is 0 Å². The molecule has 1 aromatic rings. The van der Waals surface area contributed by atoms with Crippen LogP contribution < -0.4 is 10.6 Å². The Kier molecular flexibility index (Phi) is 6.44. The number of carbonyl (C=O) groups excluding carboxylic acids is 2. The molecule has 1 saturated heterocycles. The van der Waals surface area contributed by atoms with Gasteiger partial charge in [-0.2, -0.15) is 0 Å². The monoisotopic (exact) mass is 495 g/mol. The van der Waals surface area contributed by atoms with Gasteiger partial charge >= 0.3 is 7.12 Å². The highest BCUT2D eigenvalue weighted by Gasteiger charge is 2.68. The first-order valence-electron chi connectivity index (χ1n) is 13.2. The molecule has 8 nitrogen and oxygen atoms in total. The molecule has 2 aliphatic heterocycles. The van der Waals surface area contributed by atoms with Gasteiger partial charge in [-0.05, 0) is 67.1 Å². The Balaban J connectivity index is 1.22. The van der Waals surface area contributed by atoms with Gasteiger partial charge in [-0.3, -0.25) is 9.59 Å². The maximum atomic E-state index is 13.2. The Morgan fingerprint density at radius 1 is 1.17 bits per heavy atom. The summed E-state index contributed by atoms with van der Waals surface area (Å²) in [5, 5.41) is 10.1. The van der Waals surface area contributed by atoms with Crippen molar-refractivity contribution in [3.05, 3.63) is 29.8 Å². The molecule has 2 heterocycles. The lowest BCUT2D eigenvalue weighted by atomic mass is 9.43. The van der Waals surface area contributed by atoms with Gasteiger partial charge in [-0.15, -0.1) is 0 Å². The molecular weight excluding hydrogens is 457 g/mol. The number of hydrogen-bond donors (Lipinski definition) is 2. The molecule has 2 amide bonds. The molecule has 1 aromatic carbocycles. The lowest BCUT2D eigenvalue weighted by molar-refractivity contribution is -0.199. The second kappa shape index (κ2) is 9.17. The fraction of sp³-hybridized carbons (Fsp3) is 0.667. The summed E-state index contributed by atoms with van der Waals surface area (Å²) >= 11 is 0.